The van der Waals surface area contributed by atoms with Crippen molar-refractivity contribution < 1.29 is 0 Å². The molecule has 2 heterocycles. The topological polar surface area (TPSA) is 69.6 Å². The first-order valence-electron chi connectivity index (χ1n) is 3.86. The molecule has 5 nitrogen and oxygen atoms in total. The number of aryl methyl sites for hydroxylation is 1. The number of hydrogen-bond donors (Lipinski definition) is 1. The van der Waals surface area contributed by atoms with Crippen LogP contribution in [0.2, 0.25) is 0 Å². The van der Waals surface area contributed by atoms with Gasteiger partial charge in [0.05, 0.1) is 0 Å². The second-order valence-corrected chi connectivity index (χ2v) is 2.62. The number of nitrogen functional groups attached to an aromatic ring is 1. The molecule has 0 amide bonds. The van der Waals surface area contributed by atoms with Gasteiger partial charge in [0.25, 0.3) is 0 Å². The van der Waals surface area contributed by atoms with Crippen LogP contribution >= 0.6 is 0 Å². The fraction of sp³-hybridized carbons (Fsp3) is 0.125. The van der Waals surface area contributed by atoms with Crippen LogP contribution in [0, 0.1) is 6.92 Å². The summed E-state index contributed by atoms with van der Waals surface area (Å²) in [6.45, 7) is 1.90. The van der Waals surface area contributed by atoms with E-state index in [9.17, 15) is 0 Å². The average Bonchev–Trinajstić information content (AvgIpc) is 2.51. The van der Waals surface area contributed by atoms with E-state index in [1.807, 2.05) is 17.7 Å². The number of nitrogens with zero attached hydrogens (tertiary/aromatic N) is 4. The molecule has 2 rings (SSSR count). The summed E-state index contributed by atoms with van der Waals surface area (Å²) in [4.78, 5) is 12.0. The maximum absolute atomic E-state index is 5.46. The standard InChI is InChI=1S/C8H9N5/c1-6-10-4-5-13(6)7-2-3-11-8(9)12-7/h2-5H,1H3,(H2,9,11,12). The third-order valence-electron chi connectivity index (χ3n) is 1.73. The lowest BCUT2D eigenvalue weighted by molar-refractivity contribution is 0.924. The fourth-order valence-electron chi connectivity index (χ4n) is 1.12. The summed E-state index contributed by atoms with van der Waals surface area (Å²) in [5.74, 6) is 1.88. The second kappa shape index (κ2) is 2.85. The normalized spacial score (nSPS) is 10.2. The van der Waals surface area contributed by atoms with E-state index >= 15 is 0 Å². The summed E-state index contributed by atoms with van der Waals surface area (Å²) in [6.07, 6.45) is 5.17. The molecule has 0 bridgehead atoms. The quantitative estimate of drug-likeness (QED) is 0.687. The van der Waals surface area contributed by atoms with E-state index in [0.717, 1.165) is 11.6 Å². The first-order chi connectivity index (χ1) is 6.27. The van der Waals surface area contributed by atoms with Crippen LogP contribution in [0.15, 0.2) is 24.7 Å². The molecule has 2 aromatic rings. The minimum absolute atomic E-state index is 0.269. The Morgan fingerprint density at radius 3 is 2.77 bits per heavy atom. The van der Waals surface area contributed by atoms with Crippen molar-refractivity contribution in [1.82, 2.24) is 19.5 Å². The minimum Gasteiger partial charge on any atom is -0.368 e. The zero-order valence-electron chi connectivity index (χ0n) is 7.18. The number of imidazole rings is 1. The van der Waals surface area contributed by atoms with Crippen LogP contribution < -0.4 is 5.73 Å². The van der Waals surface area contributed by atoms with Gasteiger partial charge in [0.1, 0.15) is 11.6 Å². The van der Waals surface area contributed by atoms with Crippen molar-refractivity contribution in [3.63, 3.8) is 0 Å². The highest BCUT2D eigenvalue weighted by Crippen LogP contribution is 2.06. The van der Waals surface area contributed by atoms with Crippen LogP contribution in [-0.2, 0) is 0 Å². The predicted octanol–water partition coefficient (Wildman–Crippen LogP) is 0.553. The van der Waals surface area contributed by atoms with Crippen LogP contribution in [0.1, 0.15) is 5.82 Å². The zero-order valence-corrected chi connectivity index (χ0v) is 7.18. The molecule has 0 aliphatic carbocycles. The van der Waals surface area contributed by atoms with E-state index < -0.39 is 0 Å². The highest BCUT2D eigenvalue weighted by molar-refractivity contribution is 5.28. The van der Waals surface area contributed by atoms with Gasteiger partial charge in [0, 0.05) is 18.6 Å². The molecule has 66 valence electrons. The molecule has 0 aliphatic rings. The Morgan fingerprint density at radius 1 is 1.31 bits per heavy atom. The molecule has 2 aromatic heterocycles. The molecule has 0 fully saturated rings. The van der Waals surface area contributed by atoms with Crippen molar-refractivity contribution in [3.05, 3.63) is 30.5 Å². The predicted molar refractivity (Wildman–Crippen MR) is 48.3 cm³/mol. The van der Waals surface area contributed by atoms with Gasteiger partial charge in [-0.25, -0.2) is 9.97 Å². The summed E-state index contributed by atoms with van der Waals surface area (Å²) in [7, 11) is 0. The maximum Gasteiger partial charge on any atom is 0.221 e. The van der Waals surface area contributed by atoms with Crippen LogP contribution in [-0.4, -0.2) is 19.5 Å². The third-order valence-corrected chi connectivity index (χ3v) is 1.73. The van der Waals surface area contributed by atoms with E-state index in [-0.39, 0.29) is 5.95 Å². The molecule has 0 atom stereocenters. The second-order valence-electron chi connectivity index (χ2n) is 2.62. The summed E-state index contributed by atoms with van der Waals surface area (Å²) < 4.78 is 1.85. The van der Waals surface area contributed by atoms with Crippen molar-refractivity contribution in [3.8, 4) is 5.82 Å². The number of anilines is 1. The van der Waals surface area contributed by atoms with Gasteiger partial charge in [0.15, 0.2) is 0 Å². The Labute approximate surface area is 75.3 Å². The maximum atomic E-state index is 5.46. The van der Waals surface area contributed by atoms with Gasteiger partial charge in [-0.1, -0.05) is 0 Å². The van der Waals surface area contributed by atoms with Gasteiger partial charge in [-0.05, 0) is 13.0 Å². The minimum atomic E-state index is 0.269. The molecule has 0 unspecified atom stereocenters. The average molecular weight is 175 g/mol. The summed E-state index contributed by atoms with van der Waals surface area (Å²) in [5, 5.41) is 0. The van der Waals surface area contributed by atoms with Crippen LogP contribution in [0.5, 0.6) is 0 Å². The number of aromatic nitrogens is 4. The Balaban J connectivity index is 2.53. The van der Waals surface area contributed by atoms with Gasteiger partial charge < -0.3 is 5.73 Å². The first-order valence-corrected chi connectivity index (χ1v) is 3.86. The van der Waals surface area contributed by atoms with Crippen LogP contribution in [0.25, 0.3) is 5.82 Å². The van der Waals surface area contributed by atoms with Crippen molar-refractivity contribution in [1.29, 1.82) is 0 Å². The molecule has 0 saturated heterocycles. The fourth-order valence-corrected chi connectivity index (χ4v) is 1.12. The summed E-state index contributed by atoms with van der Waals surface area (Å²) >= 11 is 0. The van der Waals surface area contributed by atoms with Crippen molar-refractivity contribution in [2.75, 3.05) is 5.73 Å². The molecular weight excluding hydrogens is 166 g/mol. The molecule has 0 spiro atoms. The lowest BCUT2D eigenvalue weighted by Crippen LogP contribution is -2.02. The lowest BCUT2D eigenvalue weighted by atomic mass is 10.5. The van der Waals surface area contributed by atoms with E-state index in [1.165, 1.54) is 0 Å². The largest absolute Gasteiger partial charge is 0.368 e. The van der Waals surface area contributed by atoms with E-state index in [1.54, 1.807) is 18.5 Å². The monoisotopic (exact) mass is 175 g/mol. The van der Waals surface area contributed by atoms with Gasteiger partial charge in [0.2, 0.25) is 5.95 Å². The zero-order chi connectivity index (χ0) is 9.26. The van der Waals surface area contributed by atoms with Crippen LogP contribution in [0.4, 0.5) is 5.95 Å². The Morgan fingerprint density at radius 2 is 2.15 bits per heavy atom. The number of rotatable bonds is 1. The van der Waals surface area contributed by atoms with Gasteiger partial charge in [-0.15, -0.1) is 0 Å². The lowest BCUT2D eigenvalue weighted by Gasteiger charge is -2.02. The summed E-state index contributed by atoms with van der Waals surface area (Å²) in [6, 6.07) is 1.78. The Kier molecular flexibility index (Phi) is 1.70. The van der Waals surface area contributed by atoms with Gasteiger partial charge in [-0.3, -0.25) is 4.57 Å². The third kappa shape index (κ3) is 1.35. The molecule has 0 aromatic carbocycles. The van der Waals surface area contributed by atoms with Crippen molar-refractivity contribution in [2.45, 2.75) is 6.92 Å². The molecule has 2 N–H and O–H groups in total. The molecule has 0 radical (unpaired) electrons. The van der Waals surface area contributed by atoms with Gasteiger partial charge in [-0.2, -0.15) is 4.98 Å². The van der Waals surface area contributed by atoms with E-state index in [0.29, 0.717) is 0 Å². The number of hydrogen-bond acceptors (Lipinski definition) is 4. The smallest absolute Gasteiger partial charge is 0.221 e. The van der Waals surface area contributed by atoms with E-state index in [4.69, 9.17) is 5.73 Å². The summed E-state index contributed by atoms with van der Waals surface area (Å²) in [5.41, 5.74) is 5.46. The number of nitrogens with two attached hydrogens (primary N) is 1. The molecule has 13 heavy (non-hydrogen) atoms. The first kappa shape index (κ1) is 7.72. The molecule has 0 aliphatic heterocycles. The Hall–Kier alpha value is -1.91. The van der Waals surface area contributed by atoms with Crippen molar-refractivity contribution >= 4 is 5.95 Å². The highest BCUT2D eigenvalue weighted by Gasteiger charge is 2.01. The Bertz CT molecular complexity index is 420. The molecule has 5 heteroatoms. The SMILES string of the molecule is Cc1nccn1-c1ccnc(N)n1. The van der Waals surface area contributed by atoms with Gasteiger partial charge >= 0.3 is 0 Å². The van der Waals surface area contributed by atoms with Crippen molar-refractivity contribution in [2.24, 2.45) is 0 Å². The van der Waals surface area contributed by atoms with Crippen LogP contribution in [0.3, 0.4) is 0 Å². The molecule has 0 saturated carbocycles. The van der Waals surface area contributed by atoms with E-state index in [2.05, 4.69) is 15.0 Å². The highest BCUT2D eigenvalue weighted by atomic mass is 15.1. The molecular formula is C8H9N5.